The SMILES string of the molecule is Cc1nnc(NS(=O)(=O)c2ccc(NC(=O)C(C)OC(=O)c3cccc4ocnc34)cc2)s1. The fraction of sp³-hybridized carbons (Fsp3) is 0.150. The van der Waals surface area contributed by atoms with Gasteiger partial charge in [0.15, 0.2) is 18.1 Å². The molecule has 2 N–H and O–H groups in total. The Morgan fingerprint density at radius 3 is 2.58 bits per heavy atom. The van der Waals surface area contributed by atoms with Crippen LogP contribution in [0.25, 0.3) is 11.1 Å². The van der Waals surface area contributed by atoms with Gasteiger partial charge in [-0.1, -0.05) is 17.4 Å². The molecular weight excluding hydrogens is 470 g/mol. The normalized spacial score (nSPS) is 12.3. The number of carbonyl (C=O) groups is 2. The predicted octanol–water partition coefficient (Wildman–Crippen LogP) is 2.97. The number of aryl methyl sites for hydroxylation is 1. The second kappa shape index (κ2) is 8.96. The molecule has 11 nitrogen and oxygen atoms in total. The maximum atomic E-state index is 12.5. The van der Waals surface area contributed by atoms with Crippen molar-refractivity contribution < 1.29 is 27.2 Å². The topological polar surface area (TPSA) is 153 Å². The molecule has 2 aromatic carbocycles. The summed E-state index contributed by atoms with van der Waals surface area (Å²) < 4.78 is 37.6. The van der Waals surface area contributed by atoms with Crippen molar-refractivity contribution in [3.63, 3.8) is 0 Å². The van der Waals surface area contributed by atoms with E-state index in [1.54, 1.807) is 19.1 Å². The van der Waals surface area contributed by atoms with Gasteiger partial charge in [0.25, 0.3) is 15.9 Å². The minimum absolute atomic E-state index is 0.0199. The Morgan fingerprint density at radius 2 is 1.88 bits per heavy atom. The maximum absolute atomic E-state index is 12.5. The zero-order chi connectivity index (χ0) is 23.6. The standard InChI is InChI=1S/C20H17N5O6S2/c1-11(31-19(27)15-4-3-5-16-17(15)21-10-30-16)18(26)22-13-6-8-14(9-7-13)33(28,29)25-20-24-23-12(2)32-20/h3-11H,1-2H3,(H,22,26)(H,24,25). The quantitative estimate of drug-likeness (QED) is 0.374. The highest BCUT2D eigenvalue weighted by Crippen LogP contribution is 2.21. The first kappa shape index (κ1) is 22.4. The summed E-state index contributed by atoms with van der Waals surface area (Å²) in [6.07, 6.45) is 0.0941. The van der Waals surface area contributed by atoms with Crippen LogP contribution in [0.15, 0.2) is 58.2 Å². The Bertz CT molecular complexity index is 1430. The molecule has 0 aliphatic heterocycles. The number of nitrogens with zero attached hydrogens (tertiary/aromatic N) is 3. The van der Waals surface area contributed by atoms with Crippen LogP contribution >= 0.6 is 11.3 Å². The van der Waals surface area contributed by atoms with E-state index in [0.29, 0.717) is 21.8 Å². The van der Waals surface area contributed by atoms with Crippen LogP contribution in [-0.4, -0.2) is 41.6 Å². The van der Waals surface area contributed by atoms with E-state index in [9.17, 15) is 18.0 Å². The number of hydrogen-bond acceptors (Lipinski definition) is 10. The Hall–Kier alpha value is -3.84. The van der Waals surface area contributed by atoms with E-state index >= 15 is 0 Å². The molecule has 1 unspecified atom stereocenters. The van der Waals surface area contributed by atoms with Crippen molar-refractivity contribution >= 4 is 55.2 Å². The lowest BCUT2D eigenvalue weighted by molar-refractivity contribution is -0.123. The van der Waals surface area contributed by atoms with Crippen molar-refractivity contribution in [1.29, 1.82) is 0 Å². The minimum atomic E-state index is -3.86. The number of amides is 1. The van der Waals surface area contributed by atoms with Gasteiger partial charge in [0, 0.05) is 5.69 Å². The molecule has 1 atom stereocenters. The van der Waals surface area contributed by atoms with Crippen LogP contribution < -0.4 is 10.0 Å². The number of aromatic nitrogens is 3. The monoisotopic (exact) mass is 487 g/mol. The second-order valence-electron chi connectivity index (χ2n) is 6.80. The lowest BCUT2D eigenvalue weighted by Crippen LogP contribution is -2.30. The molecule has 0 radical (unpaired) electrons. The first-order valence-corrected chi connectivity index (χ1v) is 11.8. The number of para-hydroxylation sites is 1. The van der Waals surface area contributed by atoms with Crippen LogP contribution in [-0.2, 0) is 19.6 Å². The van der Waals surface area contributed by atoms with E-state index in [0.717, 1.165) is 11.3 Å². The highest BCUT2D eigenvalue weighted by atomic mass is 32.2. The molecule has 13 heteroatoms. The van der Waals surface area contributed by atoms with Gasteiger partial charge in [0.1, 0.15) is 10.5 Å². The summed E-state index contributed by atoms with van der Waals surface area (Å²) in [5.74, 6) is -1.31. The summed E-state index contributed by atoms with van der Waals surface area (Å²) in [5.41, 5.74) is 1.26. The fourth-order valence-corrected chi connectivity index (χ4v) is 4.62. The van der Waals surface area contributed by atoms with Gasteiger partial charge in [-0.15, -0.1) is 10.2 Å². The van der Waals surface area contributed by atoms with Crippen LogP contribution in [0.3, 0.4) is 0 Å². The second-order valence-corrected chi connectivity index (χ2v) is 9.66. The number of carbonyl (C=O) groups excluding carboxylic acids is 2. The Labute approximate surface area is 191 Å². The molecule has 2 aromatic heterocycles. The summed E-state index contributed by atoms with van der Waals surface area (Å²) in [5, 5.41) is 10.8. The fourth-order valence-electron chi connectivity index (χ4n) is 2.80. The van der Waals surface area contributed by atoms with Crippen molar-refractivity contribution in [1.82, 2.24) is 15.2 Å². The number of anilines is 2. The highest BCUT2D eigenvalue weighted by molar-refractivity contribution is 7.93. The molecule has 33 heavy (non-hydrogen) atoms. The minimum Gasteiger partial charge on any atom is -0.449 e. The van der Waals surface area contributed by atoms with Crippen LogP contribution in [0, 0.1) is 6.92 Å². The smallest absolute Gasteiger partial charge is 0.341 e. The van der Waals surface area contributed by atoms with Crippen molar-refractivity contribution in [2.24, 2.45) is 0 Å². The molecule has 170 valence electrons. The number of benzene rings is 2. The van der Waals surface area contributed by atoms with Gasteiger partial charge >= 0.3 is 5.97 Å². The van der Waals surface area contributed by atoms with E-state index in [2.05, 4.69) is 25.2 Å². The van der Waals surface area contributed by atoms with Gasteiger partial charge in [-0.3, -0.25) is 9.52 Å². The van der Waals surface area contributed by atoms with E-state index < -0.39 is 28.0 Å². The van der Waals surface area contributed by atoms with E-state index in [4.69, 9.17) is 9.15 Å². The van der Waals surface area contributed by atoms with Gasteiger partial charge in [0.05, 0.1) is 10.5 Å². The van der Waals surface area contributed by atoms with Gasteiger partial charge < -0.3 is 14.5 Å². The zero-order valence-corrected chi connectivity index (χ0v) is 18.9. The molecule has 2 heterocycles. The van der Waals surface area contributed by atoms with Crippen molar-refractivity contribution in [3.05, 3.63) is 59.4 Å². The van der Waals surface area contributed by atoms with Crippen LogP contribution in [0.2, 0.25) is 0 Å². The third-order valence-corrected chi connectivity index (χ3v) is 6.65. The number of sulfonamides is 1. The molecule has 4 aromatic rings. The predicted molar refractivity (Wildman–Crippen MR) is 119 cm³/mol. The largest absolute Gasteiger partial charge is 0.449 e. The van der Waals surface area contributed by atoms with Crippen molar-refractivity contribution in [2.45, 2.75) is 24.8 Å². The molecule has 0 saturated heterocycles. The molecule has 0 aliphatic carbocycles. The van der Waals surface area contributed by atoms with Crippen molar-refractivity contribution in [2.75, 3.05) is 10.0 Å². The summed E-state index contributed by atoms with van der Waals surface area (Å²) in [7, 11) is -3.86. The number of esters is 1. The van der Waals surface area contributed by atoms with E-state index in [-0.39, 0.29) is 15.6 Å². The third-order valence-electron chi connectivity index (χ3n) is 4.41. The number of hydrogen-bond donors (Lipinski definition) is 2. The average molecular weight is 488 g/mol. The van der Waals surface area contributed by atoms with Crippen LogP contribution in [0.1, 0.15) is 22.3 Å². The molecule has 4 rings (SSSR count). The molecule has 0 aliphatic rings. The van der Waals surface area contributed by atoms with Crippen LogP contribution in [0.5, 0.6) is 0 Å². The molecule has 1 amide bonds. The number of oxazole rings is 1. The summed E-state index contributed by atoms with van der Waals surface area (Å²) in [6, 6.07) is 10.3. The van der Waals surface area contributed by atoms with E-state index in [1.165, 1.54) is 43.6 Å². The highest BCUT2D eigenvalue weighted by Gasteiger charge is 2.22. The van der Waals surface area contributed by atoms with Gasteiger partial charge in [-0.2, -0.15) is 0 Å². The zero-order valence-electron chi connectivity index (χ0n) is 17.3. The number of rotatable bonds is 7. The Morgan fingerprint density at radius 1 is 1.12 bits per heavy atom. The Kier molecular flexibility index (Phi) is 6.07. The van der Waals surface area contributed by atoms with Crippen LogP contribution in [0.4, 0.5) is 10.8 Å². The Balaban J connectivity index is 1.39. The lowest BCUT2D eigenvalue weighted by Gasteiger charge is -2.14. The summed E-state index contributed by atoms with van der Waals surface area (Å²) in [4.78, 5) is 28.9. The summed E-state index contributed by atoms with van der Waals surface area (Å²) in [6.45, 7) is 3.13. The molecule has 0 spiro atoms. The number of nitrogens with one attached hydrogen (secondary N) is 2. The number of fused-ring (bicyclic) bond motifs is 1. The van der Waals surface area contributed by atoms with E-state index in [1.807, 2.05) is 0 Å². The average Bonchev–Trinajstić information content (AvgIpc) is 3.42. The molecule has 0 saturated carbocycles. The first-order chi connectivity index (χ1) is 15.7. The van der Waals surface area contributed by atoms with Gasteiger partial charge in [-0.25, -0.2) is 18.2 Å². The molecule has 0 fully saturated rings. The summed E-state index contributed by atoms with van der Waals surface area (Å²) >= 11 is 1.11. The third kappa shape index (κ3) is 4.99. The first-order valence-electron chi connectivity index (χ1n) is 9.50. The van der Waals surface area contributed by atoms with Gasteiger partial charge in [0.2, 0.25) is 5.13 Å². The molecule has 0 bridgehead atoms. The van der Waals surface area contributed by atoms with Crippen molar-refractivity contribution in [3.8, 4) is 0 Å². The molecular formula is C20H17N5O6S2. The number of ether oxygens (including phenoxy) is 1. The van der Waals surface area contributed by atoms with Gasteiger partial charge in [-0.05, 0) is 50.2 Å². The lowest BCUT2D eigenvalue weighted by atomic mass is 10.2. The maximum Gasteiger partial charge on any atom is 0.341 e.